The van der Waals surface area contributed by atoms with Crippen LogP contribution in [0.25, 0.3) is 0 Å². The lowest BCUT2D eigenvalue weighted by atomic mass is 10.1. The minimum Gasteiger partial charge on any atom is -0.468 e. The zero-order valence-electron chi connectivity index (χ0n) is 11.8. The SMILES string of the molecule is CCCNC(C)(CSc1cc(Cl)ccc1Cl)C(=O)OC. The van der Waals surface area contributed by atoms with Crippen molar-refractivity contribution in [2.24, 2.45) is 0 Å². The summed E-state index contributed by atoms with van der Waals surface area (Å²) >= 11 is 13.6. The molecule has 1 rings (SSSR count). The number of benzene rings is 1. The Morgan fingerprint density at radius 2 is 2.15 bits per heavy atom. The van der Waals surface area contributed by atoms with Gasteiger partial charge < -0.3 is 10.1 Å². The van der Waals surface area contributed by atoms with Crippen LogP contribution in [0.5, 0.6) is 0 Å². The van der Waals surface area contributed by atoms with E-state index in [0.29, 0.717) is 15.8 Å². The summed E-state index contributed by atoms with van der Waals surface area (Å²) in [5.41, 5.74) is -0.749. The Labute approximate surface area is 134 Å². The molecule has 112 valence electrons. The lowest BCUT2D eigenvalue weighted by molar-refractivity contribution is -0.146. The van der Waals surface area contributed by atoms with Gasteiger partial charge in [-0.2, -0.15) is 0 Å². The number of hydrogen-bond acceptors (Lipinski definition) is 4. The molecule has 0 saturated heterocycles. The summed E-state index contributed by atoms with van der Waals surface area (Å²) < 4.78 is 4.88. The van der Waals surface area contributed by atoms with Gasteiger partial charge in [0.2, 0.25) is 0 Å². The van der Waals surface area contributed by atoms with Gasteiger partial charge in [-0.3, -0.25) is 4.79 Å². The first-order valence-electron chi connectivity index (χ1n) is 6.34. The van der Waals surface area contributed by atoms with Crippen LogP contribution in [-0.4, -0.2) is 30.9 Å². The van der Waals surface area contributed by atoms with E-state index in [1.807, 2.05) is 13.8 Å². The molecule has 0 aliphatic carbocycles. The van der Waals surface area contributed by atoms with Crippen LogP contribution in [0.15, 0.2) is 23.1 Å². The van der Waals surface area contributed by atoms with Gasteiger partial charge in [-0.15, -0.1) is 11.8 Å². The highest BCUT2D eigenvalue weighted by molar-refractivity contribution is 7.99. The lowest BCUT2D eigenvalue weighted by Crippen LogP contribution is -2.52. The summed E-state index contributed by atoms with van der Waals surface area (Å²) in [7, 11) is 1.39. The summed E-state index contributed by atoms with van der Waals surface area (Å²) in [6, 6.07) is 5.29. The van der Waals surface area contributed by atoms with Crippen molar-refractivity contribution in [2.45, 2.75) is 30.7 Å². The molecule has 0 saturated carbocycles. The molecular formula is C14H19Cl2NO2S. The molecule has 0 aliphatic rings. The third kappa shape index (κ3) is 4.85. The zero-order valence-corrected chi connectivity index (χ0v) is 14.2. The maximum atomic E-state index is 12.0. The number of carbonyl (C=O) groups excluding carboxylic acids is 1. The molecule has 1 N–H and O–H groups in total. The Balaban J connectivity index is 2.80. The molecule has 3 nitrogen and oxygen atoms in total. The van der Waals surface area contributed by atoms with Crippen LogP contribution < -0.4 is 5.32 Å². The average Bonchev–Trinajstić information content (AvgIpc) is 2.45. The lowest BCUT2D eigenvalue weighted by Gasteiger charge is -2.27. The predicted molar refractivity (Wildman–Crippen MR) is 85.9 cm³/mol. The molecule has 1 unspecified atom stereocenters. The highest BCUT2D eigenvalue weighted by Gasteiger charge is 2.33. The minimum atomic E-state index is -0.749. The molecule has 6 heteroatoms. The van der Waals surface area contributed by atoms with Gasteiger partial charge in [-0.05, 0) is 38.1 Å². The number of carbonyl (C=O) groups is 1. The Morgan fingerprint density at radius 3 is 2.75 bits per heavy atom. The van der Waals surface area contributed by atoms with Crippen molar-refractivity contribution in [3.05, 3.63) is 28.2 Å². The topological polar surface area (TPSA) is 38.3 Å². The standard InChI is InChI=1S/C14H19Cl2NO2S/c1-4-7-17-14(2,13(18)19-3)9-20-12-8-10(15)5-6-11(12)16/h5-6,8,17H,4,7,9H2,1-3H3. The normalized spacial score (nSPS) is 13.8. The molecule has 0 spiro atoms. The minimum absolute atomic E-state index is 0.281. The van der Waals surface area contributed by atoms with Crippen LogP contribution in [0, 0.1) is 0 Å². The highest BCUT2D eigenvalue weighted by atomic mass is 35.5. The second kappa shape index (κ2) is 8.13. The molecule has 1 aromatic carbocycles. The number of methoxy groups -OCH3 is 1. The van der Waals surface area contributed by atoms with Crippen LogP contribution in [-0.2, 0) is 9.53 Å². The van der Waals surface area contributed by atoms with E-state index in [4.69, 9.17) is 27.9 Å². The van der Waals surface area contributed by atoms with Crippen LogP contribution in [0.4, 0.5) is 0 Å². The van der Waals surface area contributed by atoms with Crippen molar-refractivity contribution in [3.8, 4) is 0 Å². The molecule has 20 heavy (non-hydrogen) atoms. The monoisotopic (exact) mass is 335 g/mol. The molecule has 0 fully saturated rings. The van der Waals surface area contributed by atoms with Gasteiger partial charge >= 0.3 is 5.97 Å². The first-order valence-corrected chi connectivity index (χ1v) is 8.08. The van der Waals surface area contributed by atoms with Crippen molar-refractivity contribution >= 4 is 40.9 Å². The van der Waals surface area contributed by atoms with Gasteiger partial charge in [-0.1, -0.05) is 30.1 Å². The predicted octanol–water partition coefficient (Wildman–Crippen LogP) is 4.02. The van der Waals surface area contributed by atoms with E-state index in [0.717, 1.165) is 17.9 Å². The van der Waals surface area contributed by atoms with E-state index in [1.54, 1.807) is 18.2 Å². The maximum Gasteiger partial charge on any atom is 0.326 e. The van der Waals surface area contributed by atoms with E-state index in [1.165, 1.54) is 18.9 Å². The van der Waals surface area contributed by atoms with E-state index in [2.05, 4.69) is 5.32 Å². The summed E-state index contributed by atoms with van der Waals surface area (Å²) in [6.45, 7) is 4.63. The van der Waals surface area contributed by atoms with Crippen LogP contribution in [0.3, 0.4) is 0 Å². The van der Waals surface area contributed by atoms with Gasteiger partial charge in [0, 0.05) is 15.7 Å². The Hall–Kier alpha value is -0.420. The number of halogens is 2. The summed E-state index contributed by atoms with van der Waals surface area (Å²) in [4.78, 5) is 12.8. The molecule has 0 aliphatic heterocycles. The van der Waals surface area contributed by atoms with Gasteiger partial charge in [0.1, 0.15) is 5.54 Å². The number of nitrogens with one attached hydrogen (secondary N) is 1. The zero-order chi connectivity index (χ0) is 15.2. The third-order valence-electron chi connectivity index (χ3n) is 2.81. The summed E-state index contributed by atoms with van der Waals surface area (Å²) in [5.74, 6) is 0.233. The number of thioether (sulfide) groups is 1. The maximum absolute atomic E-state index is 12.0. The summed E-state index contributed by atoms with van der Waals surface area (Å²) in [5, 5.41) is 4.48. The van der Waals surface area contributed by atoms with E-state index < -0.39 is 5.54 Å². The largest absolute Gasteiger partial charge is 0.468 e. The van der Waals surface area contributed by atoms with Crippen molar-refractivity contribution in [2.75, 3.05) is 19.4 Å². The van der Waals surface area contributed by atoms with Crippen molar-refractivity contribution < 1.29 is 9.53 Å². The van der Waals surface area contributed by atoms with Gasteiger partial charge in [0.25, 0.3) is 0 Å². The number of ether oxygens (including phenoxy) is 1. The van der Waals surface area contributed by atoms with Gasteiger partial charge in [0.05, 0.1) is 12.1 Å². The number of esters is 1. The first kappa shape index (κ1) is 17.6. The summed E-state index contributed by atoms with van der Waals surface area (Å²) in [6.07, 6.45) is 0.940. The first-order chi connectivity index (χ1) is 9.42. The molecule has 0 amide bonds. The second-order valence-electron chi connectivity index (χ2n) is 4.61. The fourth-order valence-corrected chi connectivity index (χ4v) is 3.22. The van der Waals surface area contributed by atoms with Crippen LogP contribution in [0.2, 0.25) is 10.0 Å². The molecule has 0 radical (unpaired) electrons. The van der Waals surface area contributed by atoms with Crippen molar-refractivity contribution in [3.63, 3.8) is 0 Å². The molecule has 1 aromatic rings. The molecule has 0 bridgehead atoms. The quantitative estimate of drug-likeness (QED) is 0.603. The van der Waals surface area contributed by atoms with Crippen LogP contribution in [0.1, 0.15) is 20.3 Å². The van der Waals surface area contributed by atoms with Gasteiger partial charge in [-0.25, -0.2) is 0 Å². The van der Waals surface area contributed by atoms with Crippen LogP contribution >= 0.6 is 35.0 Å². The Kier molecular flexibility index (Phi) is 7.17. The van der Waals surface area contributed by atoms with Gasteiger partial charge in [0.15, 0.2) is 0 Å². The fourth-order valence-electron chi connectivity index (χ4n) is 1.62. The van der Waals surface area contributed by atoms with E-state index in [9.17, 15) is 4.79 Å². The van der Waals surface area contributed by atoms with E-state index in [-0.39, 0.29) is 5.97 Å². The molecule has 0 heterocycles. The highest BCUT2D eigenvalue weighted by Crippen LogP contribution is 2.32. The Bertz CT molecular complexity index is 470. The smallest absolute Gasteiger partial charge is 0.326 e. The fraction of sp³-hybridized carbons (Fsp3) is 0.500. The van der Waals surface area contributed by atoms with Crippen molar-refractivity contribution in [1.29, 1.82) is 0 Å². The molecule has 1 atom stereocenters. The number of hydrogen-bond donors (Lipinski definition) is 1. The Morgan fingerprint density at radius 1 is 1.45 bits per heavy atom. The van der Waals surface area contributed by atoms with Crippen molar-refractivity contribution in [1.82, 2.24) is 5.32 Å². The molecular weight excluding hydrogens is 317 g/mol. The van der Waals surface area contributed by atoms with E-state index >= 15 is 0 Å². The average molecular weight is 336 g/mol. The number of rotatable bonds is 7. The third-order valence-corrected chi connectivity index (χ3v) is 4.86. The molecule has 0 aromatic heterocycles. The second-order valence-corrected chi connectivity index (χ2v) is 6.47.